The molecular formula is C36H50N4O7. The zero-order valence-corrected chi connectivity index (χ0v) is 28.4. The van der Waals surface area contributed by atoms with Crippen LogP contribution in [0.5, 0.6) is 0 Å². The molecule has 0 radical (unpaired) electrons. The quantitative estimate of drug-likeness (QED) is 0.106. The van der Waals surface area contributed by atoms with Crippen LogP contribution < -0.4 is 15.5 Å². The van der Waals surface area contributed by atoms with Gasteiger partial charge in [-0.2, -0.15) is 5.26 Å². The number of hydrogen-bond donors (Lipinski definition) is 2. The Bertz CT molecular complexity index is 1400. The molecule has 11 nitrogen and oxygen atoms in total. The Morgan fingerprint density at radius 2 is 1.60 bits per heavy atom. The highest BCUT2D eigenvalue weighted by atomic mass is 16.6. The van der Waals surface area contributed by atoms with E-state index in [0.717, 1.165) is 29.4 Å². The number of nitrogens with one attached hydrogen (secondary N) is 2. The lowest BCUT2D eigenvalue weighted by molar-refractivity contribution is -0.148. The van der Waals surface area contributed by atoms with Gasteiger partial charge in [0.1, 0.15) is 29.9 Å². The largest absolute Gasteiger partial charge is 0.462 e. The van der Waals surface area contributed by atoms with E-state index >= 15 is 0 Å². The first-order chi connectivity index (χ1) is 22.4. The molecule has 1 atom stereocenters. The first-order valence-electron chi connectivity index (χ1n) is 16.5. The van der Waals surface area contributed by atoms with Gasteiger partial charge in [0.2, 0.25) is 0 Å². The highest BCUT2D eigenvalue weighted by Gasteiger charge is 2.26. The number of ether oxygens (including phenoxy) is 4. The van der Waals surface area contributed by atoms with Crippen molar-refractivity contribution in [3.63, 3.8) is 0 Å². The summed E-state index contributed by atoms with van der Waals surface area (Å²) in [5.74, 6) is -0.856. The van der Waals surface area contributed by atoms with E-state index in [0.29, 0.717) is 6.42 Å². The molecule has 1 aliphatic rings. The molecular weight excluding hydrogens is 600 g/mol. The zero-order chi connectivity index (χ0) is 34.2. The molecule has 0 spiro atoms. The number of benzene rings is 2. The Morgan fingerprint density at radius 1 is 0.936 bits per heavy atom. The number of piperidine rings is 1. The second-order valence-corrected chi connectivity index (χ2v) is 13.0. The summed E-state index contributed by atoms with van der Waals surface area (Å²) < 4.78 is 21.5. The Kier molecular flexibility index (Phi) is 15.0. The van der Waals surface area contributed by atoms with Gasteiger partial charge in [-0.15, -0.1) is 0 Å². The lowest BCUT2D eigenvalue weighted by atomic mass is 10.0. The summed E-state index contributed by atoms with van der Waals surface area (Å²) in [7, 11) is 0. The maximum atomic E-state index is 12.6. The van der Waals surface area contributed by atoms with Crippen LogP contribution in [0.15, 0.2) is 42.0 Å². The van der Waals surface area contributed by atoms with Gasteiger partial charge in [-0.3, -0.25) is 4.79 Å². The van der Waals surface area contributed by atoms with E-state index in [1.807, 2.05) is 38.1 Å². The van der Waals surface area contributed by atoms with Gasteiger partial charge in [0, 0.05) is 25.3 Å². The second-order valence-electron chi connectivity index (χ2n) is 13.0. The molecule has 1 fully saturated rings. The normalized spacial score (nSPS) is 14.4. The number of nitrogens with zero attached hydrogens (tertiary/aromatic N) is 2. The summed E-state index contributed by atoms with van der Waals surface area (Å²) >= 11 is 0. The van der Waals surface area contributed by atoms with Gasteiger partial charge in [0.25, 0.3) is 5.91 Å². The van der Waals surface area contributed by atoms with Crippen molar-refractivity contribution < 1.29 is 33.3 Å². The molecule has 11 heteroatoms. The first kappa shape index (κ1) is 37.3. The topological polar surface area (TPSA) is 139 Å². The number of alkyl carbamates (subject to hydrolysis) is 1. The van der Waals surface area contributed by atoms with Gasteiger partial charge in [0.05, 0.1) is 26.4 Å². The number of fused-ring (bicyclic) bond motifs is 1. The number of carbonyl (C=O) groups excluding carboxylic acids is 3. The van der Waals surface area contributed by atoms with Gasteiger partial charge in [-0.05, 0) is 93.0 Å². The third kappa shape index (κ3) is 13.6. The molecule has 1 aliphatic heterocycles. The van der Waals surface area contributed by atoms with Crippen LogP contribution in [0.2, 0.25) is 0 Å². The predicted octanol–water partition coefficient (Wildman–Crippen LogP) is 5.37. The summed E-state index contributed by atoms with van der Waals surface area (Å²) in [6.07, 6.45) is 5.07. The fraction of sp³-hybridized carbons (Fsp3) is 0.556. The smallest absolute Gasteiger partial charge is 0.408 e. The van der Waals surface area contributed by atoms with E-state index < -0.39 is 29.6 Å². The Hall–Kier alpha value is -4.14. The van der Waals surface area contributed by atoms with E-state index in [1.165, 1.54) is 24.9 Å². The van der Waals surface area contributed by atoms with Crippen molar-refractivity contribution >= 4 is 40.5 Å². The molecule has 0 aromatic heterocycles. The van der Waals surface area contributed by atoms with Crippen molar-refractivity contribution in [3.8, 4) is 6.07 Å². The minimum Gasteiger partial charge on any atom is -0.462 e. The molecule has 2 aromatic carbocycles. The van der Waals surface area contributed by atoms with Crippen LogP contribution in [0.4, 0.5) is 10.5 Å². The van der Waals surface area contributed by atoms with Gasteiger partial charge in [-0.1, -0.05) is 32.0 Å². The van der Waals surface area contributed by atoms with E-state index in [1.54, 1.807) is 26.8 Å². The van der Waals surface area contributed by atoms with Crippen LogP contribution >= 0.6 is 0 Å². The zero-order valence-electron chi connectivity index (χ0n) is 28.4. The Balaban J connectivity index is 1.32. The molecule has 0 saturated carbocycles. The van der Waals surface area contributed by atoms with Crippen molar-refractivity contribution in [2.24, 2.45) is 5.92 Å². The predicted molar refractivity (Wildman–Crippen MR) is 182 cm³/mol. The summed E-state index contributed by atoms with van der Waals surface area (Å²) in [5, 5.41) is 17.1. The van der Waals surface area contributed by atoms with Crippen molar-refractivity contribution in [3.05, 3.63) is 47.5 Å². The fourth-order valence-electron chi connectivity index (χ4n) is 5.10. The minimum absolute atomic E-state index is 0.0177. The highest BCUT2D eigenvalue weighted by molar-refractivity contribution is 6.02. The summed E-state index contributed by atoms with van der Waals surface area (Å²) in [6.45, 7) is 12.5. The fourth-order valence-corrected chi connectivity index (χ4v) is 5.10. The van der Waals surface area contributed by atoms with Crippen LogP contribution in [0.3, 0.4) is 0 Å². The van der Waals surface area contributed by atoms with Crippen LogP contribution in [-0.4, -0.2) is 82.3 Å². The third-order valence-corrected chi connectivity index (χ3v) is 7.30. The molecule has 1 saturated heterocycles. The van der Waals surface area contributed by atoms with Gasteiger partial charge >= 0.3 is 12.1 Å². The van der Waals surface area contributed by atoms with Crippen molar-refractivity contribution in [2.45, 2.75) is 71.9 Å². The third-order valence-electron chi connectivity index (χ3n) is 7.30. The number of rotatable bonds is 16. The highest BCUT2D eigenvalue weighted by Crippen LogP contribution is 2.26. The molecule has 0 aliphatic carbocycles. The molecule has 2 aromatic rings. The van der Waals surface area contributed by atoms with E-state index in [4.69, 9.17) is 18.9 Å². The molecule has 256 valence electrons. The lowest BCUT2D eigenvalue weighted by Gasteiger charge is -2.29. The van der Waals surface area contributed by atoms with Crippen LogP contribution in [0, 0.1) is 17.2 Å². The molecule has 1 heterocycles. The number of nitriles is 1. The average Bonchev–Trinajstić information content (AvgIpc) is 3.03. The van der Waals surface area contributed by atoms with Crippen LogP contribution in [0.1, 0.15) is 65.9 Å². The summed E-state index contributed by atoms with van der Waals surface area (Å²) in [4.78, 5) is 39.6. The monoisotopic (exact) mass is 650 g/mol. The summed E-state index contributed by atoms with van der Waals surface area (Å²) in [5.41, 5.74) is 1.35. The van der Waals surface area contributed by atoms with Gasteiger partial charge < -0.3 is 34.5 Å². The molecule has 47 heavy (non-hydrogen) atoms. The standard InChI is InChI=1S/C36H50N4O7/c1-26(2)21-32(39-35(43)47-36(3,4)5)34(42)46-20-19-45-18-17-44-16-13-38-33(41)30(25-37)23-27-9-10-29-24-31(12-11-28(29)22-27)40-14-7-6-8-15-40/h9-12,22-24,26,32H,6-8,13-21H2,1-5H3,(H,38,41)(H,39,43)/b30-23+/t32-/m0/s1. The maximum absolute atomic E-state index is 12.6. The summed E-state index contributed by atoms with van der Waals surface area (Å²) in [6, 6.07) is 13.5. The van der Waals surface area contributed by atoms with Crippen molar-refractivity contribution in [1.82, 2.24) is 10.6 Å². The van der Waals surface area contributed by atoms with Crippen LogP contribution in [0.25, 0.3) is 16.8 Å². The number of carbonyl (C=O) groups is 3. The molecule has 2 amide bonds. The van der Waals surface area contributed by atoms with E-state index in [2.05, 4.69) is 33.7 Å². The Morgan fingerprint density at radius 3 is 2.28 bits per heavy atom. The number of amides is 2. The Labute approximate surface area is 278 Å². The lowest BCUT2D eigenvalue weighted by Crippen LogP contribution is -2.45. The van der Waals surface area contributed by atoms with Crippen LogP contribution in [-0.2, 0) is 28.5 Å². The van der Waals surface area contributed by atoms with Gasteiger partial charge in [0.15, 0.2) is 0 Å². The number of esters is 1. The van der Waals surface area contributed by atoms with Crippen molar-refractivity contribution in [2.75, 3.05) is 57.6 Å². The molecule has 3 rings (SSSR count). The second kappa shape index (κ2) is 18.9. The SMILES string of the molecule is CC(C)C[C@H](NC(=O)OC(C)(C)C)C(=O)OCCOCCOCCNC(=O)/C(C#N)=C/c1ccc2cc(N3CCCCC3)ccc2c1. The van der Waals surface area contributed by atoms with Gasteiger partial charge in [-0.25, -0.2) is 9.59 Å². The number of anilines is 1. The molecule has 0 bridgehead atoms. The average molecular weight is 651 g/mol. The minimum atomic E-state index is -0.815. The molecule has 2 N–H and O–H groups in total. The van der Waals surface area contributed by atoms with E-state index in [-0.39, 0.29) is 51.1 Å². The number of hydrogen-bond acceptors (Lipinski definition) is 9. The molecule has 0 unspecified atom stereocenters. The first-order valence-corrected chi connectivity index (χ1v) is 16.5. The van der Waals surface area contributed by atoms with E-state index in [9.17, 15) is 19.6 Å². The van der Waals surface area contributed by atoms with Crippen molar-refractivity contribution in [1.29, 1.82) is 5.26 Å². The maximum Gasteiger partial charge on any atom is 0.408 e.